The Hall–Kier alpha value is -4.17. The Balaban J connectivity index is 0.934. The highest BCUT2D eigenvalue weighted by Crippen LogP contribution is 2.58. The summed E-state index contributed by atoms with van der Waals surface area (Å²) in [6, 6.07) is 3.72. The maximum atomic E-state index is 14.3. The molecule has 3 aromatic rings. The summed E-state index contributed by atoms with van der Waals surface area (Å²) in [5.74, 6) is -1.86. The van der Waals surface area contributed by atoms with Gasteiger partial charge in [0.15, 0.2) is 12.4 Å². The highest BCUT2D eigenvalue weighted by atomic mass is 35.5. The van der Waals surface area contributed by atoms with Crippen LogP contribution >= 0.6 is 11.6 Å². The number of hydrogen-bond acceptors (Lipinski definition) is 16. The minimum Gasteiger partial charge on any atom is -0.432 e. The first kappa shape index (κ1) is 52.8. The standard InChI is InChI=1S/C42H59ClF4N6O13/c1-52-38(48)35(39(54)49-31-3-4-34(44)33(43)23-31)36(50-52)28-21-29-24-41(56,25-30(29)22-28)32-26-53(51-37(32)42(45,46)47)27-66-40(55)65-20-19-64-18-17-63-16-15-62-14-13-61-12-11-60-10-9-59-8-7-58-6-5-57-2/h3-4,23,26,28-30,56H,5-22,24-25,27,48H2,1-2H3,(H,49,54)/t28?,29-,30+,41?. The predicted molar refractivity (Wildman–Crippen MR) is 226 cm³/mol. The van der Waals surface area contributed by atoms with Crippen LogP contribution in [0, 0.1) is 17.7 Å². The zero-order valence-corrected chi connectivity index (χ0v) is 37.7. The fraction of sp³-hybridized carbons (Fsp3) is 0.667. The van der Waals surface area contributed by atoms with Crippen molar-refractivity contribution in [3.8, 4) is 0 Å². The maximum Gasteiger partial charge on any atom is 0.510 e. The Morgan fingerprint density at radius 3 is 1.80 bits per heavy atom. The lowest BCUT2D eigenvalue weighted by molar-refractivity contribution is -0.144. The van der Waals surface area contributed by atoms with E-state index in [4.69, 9.17) is 64.7 Å². The summed E-state index contributed by atoms with van der Waals surface area (Å²) in [5.41, 5.74) is 3.42. The van der Waals surface area contributed by atoms with Crippen LogP contribution in [-0.4, -0.2) is 150 Å². The number of aromatic nitrogens is 4. The van der Waals surface area contributed by atoms with Crippen molar-refractivity contribution < 1.29 is 79.6 Å². The fourth-order valence-corrected chi connectivity index (χ4v) is 8.08. The van der Waals surface area contributed by atoms with Crippen molar-refractivity contribution in [2.45, 2.75) is 50.1 Å². The van der Waals surface area contributed by atoms with E-state index in [0.29, 0.717) is 97.8 Å². The van der Waals surface area contributed by atoms with Crippen molar-refractivity contribution in [1.82, 2.24) is 19.6 Å². The highest BCUT2D eigenvalue weighted by Gasteiger charge is 2.54. The van der Waals surface area contributed by atoms with Crippen LogP contribution in [0.5, 0.6) is 0 Å². The van der Waals surface area contributed by atoms with Crippen LogP contribution in [-0.2, 0) is 72.9 Å². The number of methoxy groups -OCH3 is 1. The number of aliphatic hydroxyl groups is 1. The number of nitrogens with one attached hydrogen (secondary N) is 1. The molecule has 2 fully saturated rings. The minimum atomic E-state index is -4.92. The first-order valence-electron chi connectivity index (χ1n) is 21.5. The number of alkyl halides is 3. The lowest BCUT2D eigenvalue weighted by Crippen LogP contribution is -2.26. The average Bonchev–Trinajstić information content (AvgIpc) is 4.04. The third kappa shape index (κ3) is 16.0. The summed E-state index contributed by atoms with van der Waals surface area (Å²) in [6.07, 6.45) is -4.23. The molecule has 4 N–H and O–H groups in total. The van der Waals surface area contributed by atoms with Gasteiger partial charge >= 0.3 is 12.3 Å². The van der Waals surface area contributed by atoms with E-state index >= 15 is 0 Å². The molecule has 24 heteroatoms. The second-order valence-corrected chi connectivity index (χ2v) is 16.0. The number of benzene rings is 1. The van der Waals surface area contributed by atoms with E-state index in [0.717, 1.165) is 16.9 Å². The maximum absolute atomic E-state index is 14.3. The number of nitrogen functional groups attached to an aromatic ring is 1. The number of ether oxygens (including phenoxy) is 10. The van der Waals surface area contributed by atoms with Crippen molar-refractivity contribution in [1.29, 1.82) is 0 Å². The molecule has 5 rings (SSSR count). The normalized spacial score (nSPS) is 19.4. The summed E-state index contributed by atoms with van der Waals surface area (Å²) >= 11 is 5.87. The summed E-state index contributed by atoms with van der Waals surface area (Å²) in [7, 11) is 3.20. The van der Waals surface area contributed by atoms with E-state index in [2.05, 4.69) is 15.5 Å². The molecule has 0 bridgehead atoms. The third-order valence-corrected chi connectivity index (χ3v) is 11.2. The summed E-state index contributed by atoms with van der Waals surface area (Å²) < 4.78 is 111. The number of nitrogens with zero attached hydrogens (tertiary/aromatic N) is 4. The molecule has 2 aromatic heterocycles. The molecule has 0 saturated heterocycles. The van der Waals surface area contributed by atoms with Gasteiger partial charge in [0.25, 0.3) is 5.91 Å². The van der Waals surface area contributed by atoms with E-state index < -0.39 is 47.6 Å². The van der Waals surface area contributed by atoms with Crippen LogP contribution in [0.15, 0.2) is 24.4 Å². The molecule has 2 saturated carbocycles. The van der Waals surface area contributed by atoms with Crippen molar-refractivity contribution in [2.24, 2.45) is 18.9 Å². The number of amides is 1. The predicted octanol–water partition coefficient (Wildman–Crippen LogP) is 4.93. The number of nitrogens with two attached hydrogens (primary N) is 1. The Bertz CT molecular complexity index is 1960. The van der Waals surface area contributed by atoms with Gasteiger partial charge in [0.2, 0.25) is 0 Å². The van der Waals surface area contributed by atoms with Crippen LogP contribution in [0.1, 0.15) is 58.9 Å². The number of carbonyl (C=O) groups is 2. The molecule has 2 unspecified atom stereocenters. The van der Waals surface area contributed by atoms with Gasteiger partial charge in [-0.3, -0.25) is 9.48 Å². The summed E-state index contributed by atoms with van der Waals surface area (Å²) in [4.78, 5) is 25.6. The fourth-order valence-electron chi connectivity index (χ4n) is 7.90. The topological polar surface area (TPSA) is 220 Å². The number of carbonyl (C=O) groups excluding carboxylic acids is 2. The van der Waals surface area contributed by atoms with Crippen LogP contribution in [0.2, 0.25) is 5.02 Å². The largest absolute Gasteiger partial charge is 0.510 e. The van der Waals surface area contributed by atoms with Crippen LogP contribution in [0.25, 0.3) is 0 Å². The van der Waals surface area contributed by atoms with E-state index in [1.807, 2.05) is 0 Å². The highest BCUT2D eigenvalue weighted by molar-refractivity contribution is 6.31. The van der Waals surface area contributed by atoms with Crippen molar-refractivity contribution in [3.63, 3.8) is 0 Å². The van der Waals surface area contributed by atoms with Crippen molar-refractivity contribution in [3.05, 3.63) is 57.8 Å². The molecule has 0 radical (unpaired) electrons. The molecular weight excluding hydrogens is 908 g/mol. The second-order valence-electron chi connectivity index (χ2n) is 15.6. The Kier molecular flexibility index (Phi) is 21.1. The van der Waals surface area contributed by atoms with E-state index in [1.54, 1.807) is 14.2 Å². The average molecular weight is 967 g/mol. The second kappa shape index (κ2) is 26.4. The molecule has 370 valence electrons. The monoisotopic (exact) mass is 966 g/mol. The number of hydrogen-bond donors (Lipinski definition) is 3. The quantitative estimate of drug-likeness (QED) is 0.0458. The third-order valence-electron chi connectivity index (χ3n) is 10.9. The zero-order chi connectivity index (χ0) is 47.5. The molecule has 0 spiro atoms. The number of aryl methyl sites for hydroxylation is 1. The van der Waals surface area contributed by atoms with Gasteiger partial charge in [-0.05, 0) is 55.7 Å². The van der Waals surface area contributed by atoms with E-state index in [1.165, 1.54) is 16.8 Å². The molecular formula is C42H59ClF4N6O13. The van der Waals surface area contributed by atoms with Gasteiger partial charge in [0.05, 0.1) is 115 Å². The van der Waals surface area contributed by atoms with Gasteiger partial charge in [0.1, 0.15) is 23.8 Å². The lowest BCUT2D eigenvalue weighted by Gasteiger charge is -2.25. The molecule has 1 aromatic carbocycles. The van der Waals surface area contributed by atoms with E-state index in [-0.39, 0.29) is 79.1 Å². The van der Waals surface area contributed by atoms with Gasteiger partial charge in [-0.15, -0.1) is 0 Å². The van der Waals surface area contributed by atoms with Crippen LogP contribution < -0.4 is 11.1 Å². The smallest absolute Gasteiger partial charge is 0.432 e. The van der Waals surface area contributed by atoms with Crippen LogP contribution in [0.4, 0.5) is 33.9 Å². The van der Waals surface area contributed by atoms with Crippen LogP contribution in [0.3, 0.4) is 0 Å². The lowest BCUT2D eigenvalue weighted by atomic mass is 9.87. The Morgan fingerprint density at radius 2 is 1.32 bits per heavy atom. The van der Waals surface area contributed by atoms with E-state index in [9.17, 15) is 32.3 Å². The molecule has 4 atom stereocenters. The zero-order valence-electron chi connectivity index (χ0n) is 37.0. The summed E-state index contributed by atoms with van der Waals surface area (Å²) in [5, 5.41) is 22.3. The minimum absolute atomic E-state index is 0.0127. The van der Waals surface area contributed by atoms with Crippen molar-refractivity contribution >= 4 is 35.2 Å². The molecule has 19 nitrogen and oxygen atoms in total. The molecule has 2 aliphatic rings. The number of rotatable bonds is 30. The molecule has 2 heterocycles. The molecule has 66 heavy (non-hydrogen) atoms. The SMILES string of the molecule is COCCOCCOCCOCCOCCOCCOCCOCCOC(=O)OCn1cc(C2(O)C[C@H]3CC(c4nn(C)c(N)c4C(=O)Nc4ccc(F)c(Cl)c4)C[C@H]3C2)c(C(F)(F)F)n1. The first-order valence-corrected chi connectivity index (χ1v) is 21.9. The Morgan fingerprint density at radius 1 is 0.818 bits per heavy atom. The van der Waals surface area contributed by atoms with Crippen molar-refractivity contribution in [2.75, 3.05) is 124 Å². The van der Waals surface area contributed by atoms with Gasteiger partial charge in [0, 0.05) is 37.5 Å². The van der Waals surface area contributed by atoms with Gasteiger partial charge in [-0.25, -0.2) is 13.9 Å². The van der Waals surface area contributed by atoms with Gasteiger partial charge < -0.3 is 63.5 Å². The number of anilines is 2. The van der Waals surface area contributed by atoms with Gasteiger partial charge in [-0.1, -0.05) is 11.6 Å². The molecule has 2 aliphatic carbocycles. The van der Waals surface area contributed by atoms with Gasteiger partial charge in [-0.2, -0.15) is 23.4 Å². The first-order chi connectivity index (χ1) is 31.7. The molecule has 1 amide bonds. The number of halogens is 5. The Labute approximate surface area is 384 Å². The number of fused-ring (bicyclic) bond motifs is 1. The molecule has 0 aliphatic heterocycles. The summed E-state index contributed by atoms with van der Waals surface area (Å²) in [6.45, 7) is 4.99.